The summed E-state index contributed by atoms with van der Waals surface area (Å²) in [6.07, 6.45) is 0.156. The van der Waals surface area contributed by atoms with Gasteiger partial charge < -0.3 is 5.73 Å². The smallest absolute Gasteiger partial charge is 0.123 e. The molecule has 0 saturated carbocycles. The Bertz CT molecular complexity index is 294. The van der Waals surface area contributed by atoms with Crippen molar-refractivity contribution in [1.29, 1.82) is 0 Å². The Morgan fingerprint density at radius 3 is 2.64 bits per heavy atom. The van der Waals surface area contributed by atoms with E-state index in [9.17, 15) is 8.78 Å². The molecule has 0 unspecified atom stereocenters. The van der Waals surface area contributed by atoms with Gasteiger partial charge in [-0.2, -0.15) is 0 Å². The van der Waals surface area contributed by atoms with E-state index in [1.165, 1.54) is 18.2 Å². The molecule has 0 fully saturated rings. The second kappa shape index (κ2) is 6.17. The first-order valence-corrected chi connectivity index (χ1v) is 4.29. The van der Waals surface area contributed by atoms with Crippen molar-refractivity contribution in [3.63, 3.8) is 0 Å². The van der Waals surface area contributed by atoms with Gasteiger partial charge in [0.2, 0.25) is 0 Å². The number of rotatable bonds is 3. The number of nitrogens with two attached hydrogens (primary N) is 1. The number of alkyl halides is 1. The molecule has 0 aliphatic rings. The van der Waals surface area contributed by atoms with E-state index in [4.69, 9.17) is 17.3 Å². The van der Waals surface area contributed by atoms with Crippen molar-refractivity contribution in [2.75, 3.05) is 6.67 Å². The topological polar surface area (TPSA) is 26.0 Å². The lowest BCUT2D eigenvalue weighted by Crippen LogP contribution is -2.11. The lowest BCUT2D eigenvalue weighted by molar-refractivity contribution is 0.441. The van der Waals surface area contributed by atoms with Crippen molar-refractivity contribution in [2.24, 2.45) is 5.73 Å². The minimum Gasteiger partial charge on any atom is -0.324 e. The fourth-order valence-electron chi connectivity index (χ4n) is 1.07. The molecule has 0 amide bonds. The van der Waals surface area contributed by atoms with Gasteiger partial charge in [-0.15, -0.1) is 12.4 Å². The molecule has 0 spiro atoms. The zero-order chi connectivity index (χ0) is 9.84. The number of hydrogen-bond acceptors (Lipinski definition) is 1. The first kappa shape index (κ1) is 13.6. The first-order chi connectivity index (χ1) is 6.15. The fraction of sp³-hybridized carbons (Fsp3) is 0.333. The summed E-state index contributed by atoms with van der Waals surface area (Å²) in [5, 5.41) is 0.377. The second-order valence-corrected chi connectivity index (χ2v) is 3.16. The molecule has 80 valence electrons. The van der Waals surface area contributed by atoms with Crippen LogP contribution >= 0.6 is 24.0 Å². The standard InChI is InChI=1S/C9H10ClF2N.ClH/c10-8-2-1-6(12)5-7(8)9(13)3-4-11;/h1-2,5,9H,3-4,13H2;1H/t9-;/m0./s1. The van der Waals surface area contributed by atoms with Crippen molar-refractivity contribution >= 4 is 24.0 Å². The Balaban J connectivity index is 0.00000169. The fourth-order valence-corrected chi connectivity index (χ4v) is 1.33. The monoisotopic (exact) mass is 241 g/mol. The Morgan fingerprint density at radius 1 is 1.43 bits per heavy atom. The van der Waals surface area contributed by atoms with Gasteiger partial charge in [-0.1, -0.05) is 11.6 Å². The molecule has 1 atom stereocenters. The van der Waals surface area contributed by atoms with Gasteiger partial charge in [-0.3, -0.25) is 4.39 Å². The highest BCUT2D eigenvalue weighted by Crippen LogP contribution is 2.24. The highest BCUT2D eigenvalue weighted by molar-refractivity contribution is 6.31. The molecule has 2 N–H and O–H groups in total. The summed E-state index contributed by atoms with van der Waals surface area (Å²) in [4.78, 5) is 0. The maximum absolute atomic E-state index is 12.7. The molecule has 0 aliphatic carbocycles. The van der Waals surface area contributed by atoms with Gasteiger partial charge in [0.1, 0.15) is 5.82 Å². The maximum atomic E-state index is 12.7. The van der Waals surface area contributed by atoms with Crippen LogP contribution in [0, 0.1) is 5.82 Å². The van der Waals surface area contributed by atoms with Crippen LogP contribution in [0.15, 0.2) is 18.2 Å². The van der Waals surface area contributed by atoms with Crippen LogP contribution in [0.4, 0.5) is 8.78 Å². The van der Waals surface area contributed by atoms with Gasteiger partial charge >= 0.3 is 0 Å². The van der Waals surface area contributed by atoms with E-state index in [1.807, 2.05) is 0 Å². The molecule has 1 aromatic carbocycles. The highest BCUT2D eigenvalue weighted by Gasteiger charge is 2.10. The summed E-state index contributed by atoms with van der Waals surface area (Å²) in [7, 11) is 0. The van der Waals surface area contributed by atoms with Gasteiger partial charge in [0.05, 0.1) is 6.67 Å². The zero-order valence-corrected chi connectivity index (χ0v) is 8.92. The Morgan fingerprint density at radius 2 is 2.07 bits per heavy atom. The van der Waals surface area contributed by atoms with Gasteiger partial charge in [-0.05, 0) is 30.2 Å². The molecule has 14 heavy (non-hydrogen) atoms. The lowest BCUT2D eigenvalue weighted by atomic mass is 10.1. The third-order valence-electron chi connectivity index (χ3n) is 1.78. The first-order valence-electron chi connectivity index (χ1n) is 3.91. The lowest BCUT2D eigenvalue weighted by Gasteiger charge is -2.11. The van der Waals surface area contributed by atoms with Crippen LogP contribution in [-0.2, 0) is 0 Å². The van der Waals surface area contributed by atoms with Crippen LogP contribution in [-0.4, -0.2) is 6.67 Å². The van der Waals surface area contributed by atoms with E-state index in [2.05, 4.69) is 0 Å². The molecular weight excluding hydrogens is 231 g/mol. The SMILES string of the molecule is Cl.N[C@@H](CCF)c1cc(F)ccc1Cl. The summed E-state index contributed by atoms with van der Waals surface area (Å²) in [5.74, 6) is -0.409. The molecule has 0 saturated heterocycles. The Hall–Kier alpha value is -0.380. The number of benzene rings is 1. The van der Waals surface area contributed by atoms with Crippen LogP contribution in [0.5, 0.6) is 0 Å². The highest BCUT2D eigenvalue weighted by atomic mass is 35.5. The van der Waals surface area contributed by atoms with Gasteiger partial charge in [0.15, 0.2) is 0 Å². The average molecular weight is 242 g/mol. The van der Waals surface area contributed by atoms with Crippen LogP contribution < -0.4 is 5.73 Å². The third-order valence-corrected chi connectivity index (χ3v) is 2.12. The van der Waals surface area contributed by atoms with Gasteiger partial charge in [-0.25, -0.2) is 4.39 Å². The van der Waals surface area contributed by atoms with E-state index in [1.54, 1.807) is 0 Å². The average Bonchev–Trinajstić information content (AvgIpc) is 2.09. The van der Waals surface area contributed by atoms with E-state index in [-0.39, 0.29) is 18.8 Å². The molecular formula is C9H11Cl2F2N. The number of halogens is 4. The quantitative estimate of drug-likeness (QED) is 0.864. The van der Waals surface area contributed by atoms with E-state index in [0.29, 0.717) is 10.6 Å². The molecule has 0 aliphatic heterocycles. The third kappa shape index (κ3) is 3.40. The summed E-state index contributed by atoms with van der Waals surface area (Å²) in [6.45, 7) is -0.534. The van der Waals surface area contributed by atoms with Crippen LogP contribution in [0.25, 0.3) is 0 Å². The Kier molecular flexibility index (Phi) is 6.00. The molecule has 5 heteroatoms. The predicted octanol–water partition coefficient (Wildman–Crippen LogP) is 3.26. The van der Waals surface area contributed by atoms with E-state index in [0.717, 1.165) is 0 Å². The zero-order valence-electron chi connectivity index (χ0n) is 7.34. The van der Waals surface area contributed by atoms with Crippen LogP contribution in [0.3, 0.4) is 0 Å². The molecule has 0 heterocycles. The summed E-state index contributed by atoms with van der Waals surface area (Å²) >= 11 is 5.76. The number of hydrogen-bond donors (Lipinski definition) is 1. The normalized spacial score (nSPS) is 12.0. The van der Waals surface area contributed by atoms with Crippen molar-refractivity contribution in [3.8, 4) is 0 Å². The second-order valence-electron chi connectivity index (χ2n) is 2.75. The largest absolute Gasteiger partial charge is 0.324 e. The molecule has 1 aromatic rings. The minimum atomic E-state index is -0.534. The van der Waals surface area contributed by atoms with E-state index < -0.39 is 18.5 Å². The van der Waals surface area contributed by atoms with Gasteiger partial charge in [0, 0.05) is 11.1 Å². The summed E-state index contributed by atoms with van der Waals surface area (Å²) < 4.78 is 24.7. The Labute approximate surface area is 92.7 Å². The summed E-state index contributed by atoms with van der Waals surface area (Å²) in [5.41, 5.74) is 6.04. The van der Waals surface area contributed by atoms with Crippen molar-refractivity contribution in [2.45, 2.75) is 12.5 Å². The minimum absolute atomic E-state index is 0. The molecule has 0 aromatic heterocycles. The van der Waals surface area contributed by atoms with E-state index >= 15 is 0 Å². The van der Waals surface area contributed by atoms with Crippen molar-refractivity contribution in [3.05, 3.63) is 34.6 Å². The molecule has 1 nitrogen and oxygen atoms in total. The predicted molar refractivity (Wildman–Crippen MR) is 56.2 cm³/mol. The van der Waals surface area contributed by atoms with Crippen molar-refractivity contribution < 1.29 is 8.78 Å². The molecule has 0 radical (unpaired) electrons. The molecule has 1 rings (SSSR count). The van der Waals surface area contributed by atoms with Crippen molar-refractivity contribution in [1.82, 2.24) is 0 Å². The van der Waals surface area contributed by atoms with Crippen LogP contribution in [0.2, 0.25) is 5.02 Å². The van der Waals surface area contributed by atoms with Crippen LogP contribution in [0.1, 0.15) is 18.0 Å². The maximum Gasteiger partial charge on any atom is 0.123 e. The van der Waals surface area contributed by atoms with Gasteiger partial charge in [0.25, 0.3) is 0 Å². The summed E-state index contributed by atoms with van der Waals surface area (Å²) in [6, 6.07) is 3.37. The molecule has 0 bridgehead atoms.